The molecule has 0 fully saturated rings. The van der Waals surface area contributed by atoms with E-state index < -0.39 is 5.91 Å². The lowest BCUT2D eigenvalue weighted by Crippen LogP contribution is -2.19. The maximum Gasteiger partial charge on any atom is 0.259 e. The third-order valence-corrected chi connectivity index (χ3v) is 4.21. The van der Waals surface area contributed by atoms with E-state index in [-0.39, 0.29) is 22.3 Å². The largest absolute Gasteiger partial charge is 0.322 e. The Morgan fingerprint density at radius 2 is 1.52 bits per heavy atom. The summed E-state index contributed by atoms with van der Waals surface area (Å²) < 4.78 is 0. The van der Waals surface area contributed by atoms with Crippen molar-refractivity contribution in [3.63, 3.8) is 0 Å². The van der Waals surface area contributed by atoms with Gasteiger partial charge in [0, 0.05) is 22.5 Å². The van der Waals surface area contributed by atoms with Crippen molar-refractivity contribution in [1.29, 1.82) is 0 Å². The molecule has 3 rings (SSSR count). The predicted molar refractivity (Wildman–Crippen MR) is 108 cm³/mol. The first-order chi connectivity index (χ1) is 12.9. The van der Waals surface area contributed by atoms with Gasteiger partial charge in [0.1, 0.15) is 5.82 Å². The summed E-state index contributed by atoms with van der Waals surface area (Å²) in [6.07, 6.45) is 1.37. The number of hydrogen-bond donors (Lipinski definition) is 2. The Morgan fingerprint density at radius 3 is 2.19 bits per heavy atom. The normalized spacial score (nSPS) is 10.3. The Balaban J connectivity index is 1.83. The third kappa shape index (κ3) is 4.84. The van der Waals surface area contributed by atoms with Crippen molar-refractivity contribution in [1.82, 2.24) is 4.98 Å². The molecule has 27 heavy (non-hydrogen) atoms. The molecule has 7 heteroatoms. The molecule has 0 bridgehead atoms. The van der Waals surface area contributed by atoms with E-state index in [1.54, 1.807) is 36.4 Å². The van der Waals surface area contributed by atoms with Crippen LogP contribution in [0.2, 0.25) is 10.0 Å². The van der Waals surface area contributed by atoms with Crippen molar-refractivity contribution in [2.24, 2.45) is 0 Å². The predicted octanol–water partition coefficient (Wildman–Crippen LogP) is 5.20. The lowest BCUT2D eigenvalue weighted by molar-refractivity contribution is 0.102. The molecule has 0 aliphatic heterocycles. The molecule has 2 aromatic carbocycles. The van der Waals surface area contributed by atoms with Gasteiger partial charge in [-0.05, 0) is 49.4 Å². The molecular weight excluding hydrogens is 385 g/mol. The number of pyridine rings is 1. The smallest absolute Gasteiger partial charge is 0.259 e. The number of nitrogens with one attached hydrogen (secondary N) is 2. The number of halogens is 2. The fourth-order valence-corrected chi connectivity index (χ4v) is 2.61. The van der Waals surface area contributed by atoms with Gasteiger partial charge in [0.05, 0.1) is 10.6 Å². The van der Waals surface area contributed by atoms with Crippen LogP contribution < -0.4 is 10.6 Å². The van der Waals surface area contributed by atoms with Crippen molar-refractivity contribution < 1.29 is 9.59 Å². The highest BCUT2D eigenvalue weighted by molar-refractivity contribution is 6.31. The van der Waals surface area contributed by atoms with Crippen LogP contribution in [-0.2, 0) is 0 Å². The summed E-state index contributed by atoms with van der Waals surface area (Å²) in [5.74, 6) is -0.701. The first kappa shape index (κ1) is 18.9. The van der Waals surface area contributed by atoms with Crippen molar-refractivity contribution >= 4 is 46.5 Å². The number of hydrogen-bond acceptors (Lipinski definition) is 3. The van der Waals surface area contributed by atoms with Crippen LogP contribution in [0.3, 0.4) is 0 Å². The van der Waals surface area contributed by atoms with E-state index in [4.69, 9.17) is 23.2 Å². The summed E-state index contributed by atoms with van der Waals surface area (Å²) in [5, 5.41) is 6.23. The van der Waals surface area contributed by atoms with Gasteiger partial charge in [0.25, 0.3) is 11.8 Å². The number of amides is 2. The molecule has 0 atom stereocenters. The second-order valence-corrected chi connectivity index (χ2v) is 6.70. The van der Waals surface area contributed by atoms with Gasteiger partial charge >= 0.3 is 0 Å². The molecular formula is C20H15Cl2N3O2. The van der Waals surface area contributed by atoms with Crippen LogP contribution in [0.5, 0.6) is 0 Å². The minimum absolute atomic E-state index is 0.122. The topological polar surface area (TPSA) is 71.1 Å². The zero-order chi connectivity index (χ0) is 19.4. The van der Waals surface area contributed by atoms with Gasteiger partial charge in [0.2, 0.25) is 0 Å². The standard InChI is InChI=1S/C20H15Cl2N3O2/c1-12-2-4-13(5-3-12)19(26)25-18-17(10-15(22)11-23-18)20(27)24-16-8-6-14(21)7-9-16/h2-11H,1H3,(H,24,27)(H,23,25,26). The van der Waals surface area contributed by atoms with E-state index in [0.717, 1.165) is 5.56 Å². The molecule has 0 aliphatic carbocycles. The summed E-state index contributed by atoms with van der Waals surface area (Å²) in [6.45, 7) is 1.93. The number of aromatic nitrogens is 1. The molecule has 1 aromatic heterocycles. The lowest BCUT2D eigenvalue weighted by atomic mass is 10.1. The fourth-order valence-electron chi connectivity index (χ4n) is 2.33. The van der Waals surface area contributed by atoms with E-state index in [1.165, 1.54) is 12.3 Å². The monoisotopic (exact) mass is 399 g/mol. The van der Waals surface area contributed by atoms with E-state index in [9.17, 15) is 9.59 Å². The Morgan fingerprint density at radius 1 is 0.852 bits per heavy atom. The molecule has 3 aromatic rings. The molecule has 0 aliphatic rings. The van der Waals surface area contributed by atoms with E-state index >= 15 is 0 Å². The molecule has 2 N–H and O–H groups in total. The highest BCUT2D eigenvalue weighted by atomic mass is 35.5. The first-order valence-corrected chi connectivity index (χ1v) is 8.78. The average Bonchev–Trinajstić information content (AvgIpc) is 2.65. The van der Waals surface area contributed by atoms with Gasteiger partial charge in [0.15, 0.2) is 0 Å². The second-order valence-electron chi connectivity index (χ2n) is 5.83. The van der Waals surface area contributed by atoms with Gasteiger partial charge < -0.3 is 10.6 Å². The Bertz CT molecular complexity index is 987. The third-order valence-electron chi connectivity index (χ3n) is 3.75. The van der Waals surface area contributed by atoms with E-state index in [1.807, 2.05) is 19.1 Å². The maximum atomic E-state index is 12.6. The number of carbonyl (C=O) groups is 2. The van der Waals surface area contributed by atoms with E-state index in [2.05, 4.69) is 15.6 Å². The van der Waals surface area contributed by atoms with Gasteiger partial charge in [-0.15, -0.1) is 0 Å². The van der Waals surface area contributed by atoms with E-state index in [0.29, 0.717) is 16.3 Å². The van der Waals surface area contributed by atoms with Gasteiger partial charge in [-0.1, -0.05) is 40.9 Å². The SMILES string of the molecule is Cc1ccc(C(=O)Nc2ncc(Cl)cc2C(=O)Nc2ccc(Cl)cc2)cc1. The minimum Gasteiger partial charge on any atom is -0.322 e. The molecule has 0 saturated carbocycles. The highest BCUT2D eigenvalue weighted by Gasteiger charge is 2.17. The Kier molecular flexibility index (Phi) is 5.74. The fraction of sp³-hybridized carbons (Fsp3) is 0.0500. The van der Waals surface area contributed by atoms with Crippen LogP contribution in [0.15, 0.2) is 60.8 Å². The molecule has 0 spiro atoms. The number of anilines is 2. The molecule has 136 valence electrons. The second kappa shape index (κ2) is 8.20. The number of rotatable bonds is 4. The van der Waals surface area contributed by atoms with Crippen LogP contribution in [0, 0.1) is 6.92 Å². The Labute approximate surface area is 166 Å². The average molecular weight is 400 g/mol. The number of carbonyl (C=O) groups excluding carboxylic acids is 2. The quantitative estimate of drug-likeness (QED) is 0.632. The minimum atomic E-state index is -0.452. The van der Waals surface area contributed by atoms with Gasteiger partial charge in [-0.2, -0.15) is 0 Å². The Hall–Kier alpha value is -2.89. The highest BCUT2D eigenvalue weighted by Crippen LogP contribution is 2.21. The zero-order valence-corrected chi connectivity index (χ0v) is 15.8. The lowest BCUT2D eigenvalue weighted by Gasteiger charge is -2.11. The summed E-state index contributed by atoms with van der Waals surface area (Å²) >= 11 is 11.8. The maximum absolute atomic E-state index is 12.6. The van der Waals surface area contributed by atoms with Gasteiger partial charge in [-0.25, -0.2) is 4.98 Å². The van der Waals surface area contributed by atoms with Crippen molar-refractivity contribution in [2.45, 2.75) is 6.92 Å². The van der Waals surface area contributed by atoms with Crippen LogP contribution in [0.4, 0.5) is 11.5 Å². The molecule has 0 radical (unpaired) electrons. The molecule has 5 nitrogen and oxygen atoms in total. The molecule has 2 amide bonds. The van der Waals surface area contributed by atoms with Crippen molar-refractivity contribution in [2.75, 3.05) is 10.6 Å². The van der Waals surface area contributed by atoms with Crippen LogP contribution >= 0.6 is 23.2 Å². The number of nitrogens with zero attached hydrogens (tertiary/aromatic N) is 1. The molecule has 1 heterocycles. The van der Waals surface area contributed by atoms with Crippen molar-refractivity contribution in [3.8, 4) is 0 Å². The summed E-state index contributed by atoms with van der Waals surface area (Å²) in [5.41, 5.74) is 2.21. The van der Waals surface area contributed by atoms with Crippen molar-refractivity contribution in [3.05, 3.63) is 87.5 Å². The summed E-state index contributed by atoms with van der Waals surface area (Å²) in [4.78, 5) is 29.2. The number of aryl methyl sites for hydroxylation is 1. The summed E-state index contributed by atoms with van der Waals surface area (Å²) in [7, 11) is 0. The number of benzene rings is 2. The van der Waals surface area contributed by atoms with Crippen LogP contribution in [0.25, 0.3) is 0 Å². The van der Waals surface area contributed by atoms with Crippen LogP contribution in [0.1, 0.15) is 26.3 Å². The molecule has 0 unspecified atom stereocenters. The zero-order valence-electron chi connectivity index (χ0n) is 14.3. The van der Waals surface area contributed by atoms with Crippen LogP contribution in [-0.4, -0.2) is 16.8 Å². The molecule has 0 saturated heterocycles. The first-order valence-electron chi connectivity index (χ1n) is 8.03. The van der Waals surface area contributed by atoms with Gasteiger partial charge in [-0.3, -0.25) is 9.59 Å². The summed E-state index contributed by atoms with van der Waals surface area (Å²) in [6, 6.07) is 15.2.